The van der Waals surface area contributed by atoms with E-state index in [9.17, 15) is 4.79 Å². The molecule has 0 aliphatic rings. The predicted octanol–water partition coefficient (Wildman–Crippen LogP) is 6.29. The summed E-state index contributed by atoms with van der Waals surface area (Å²) in [4.78, 5) is 21.2. The van der Waals surface area contributed by atoms with Gasteiger partial charge in [0.1, 0.15) is 0 Å². The summed E-state index contributed by atoms with van der Waals surface area (Å²) in [5, 5.41) is 4.45. The Kier molecular flexibility index (Phi) is 6.32. The summed E-state index contributed by atoms with van der Waals surface area (Å²) < 4.78 is 0. The Morgan fingerprint density at radius 3 is 2.44 bits per heavy atom. The Morgan fingerprint density at radius 1 is 0.912 bits per heavy atom. The van der Waals surface area contributed by atoms with Crippen LogP contribution in [0.25, 0.3) is 22.0 Å². The number of hydrogen-bond donors (Lipinski definition) is 2. The highest BCUT2D eigenvalue weighted by molar-refractivity contribution is 6.11. The van der Waals surface area contributed by atoms with Crippen LogP contribution in [0.1, 0.15) is 33.1 Å². The summed E-state index contributed by atoms with van der Waals surface area (Å²) in [5.74, 6) is 0.0676. The lowest BCUT2D eigenvalue weighted by atomic mass is 9.96. The normalized spacial score (nSPS) is 12.0. The van der Waals surface area contributed by atoms with Crippen molar-refractivity contribution >= 4 is 16.7 Å². The molecule has 1 atom stereocenters. The number of aryl methyl sites for hydroxylation is 1. The summed E-state index contributed by atoms with van der Waals surface area (Å²) in [7, 11) is 0. The fourth-order valence-electron chi connectivity index (χ4n) is 4.33. The van der Waals surface area contributed by atoms with Crippen LogP contribution < -0.4 is 5.32 Å². The van der Waals surface area contributed by atoms with Gasteiger partial charge in [0.05, 0.1) is 6.04 Å². The lowest BCUT2D eigenvalue weighted by Crippen LogP contribution is -2.30. The number of Topliss-reactive ketones (excluding diaryl/α,β-unsaturated/α-hetero) is 1. The molecule has 0 fully saturated rings. The molecule has 168 valence electrons. The molecule has 0 amide bonds. The first-order valence-corrected chi connectivity index (χ1v) is 11.6. The van der Waals surface area contributed by atoms with Gasteiger partial charge in [0, 0.05) is 41.6 Å². The predicted molar refractivity (Wildman–Crippen MR) is 138 cm³/mol. The van der Waals surface area contributed by atoms with Crippen LogP contribution in [0, 0.1) is 6.92 Å². The zero-order chi connectivity index (χ0) is 23.3. The van der Waals surface area contributed by atoms with E-state index in [4.69, 9.17) is 0 Å². The molecule has 5 aromatic rings. The van der Waals surface area contributed by atoms with Gasteiger partial charge in [-0.05, 0) is 53.8 Å². The number of rotatable bonds is 8. The third-order valence-corrected chi connectivity index (χ3v) is 6.24. The molecule has 0 aliphatic carbocycles. The Bertz CT molecular complexity index is 1390. The van der Waals surface area contributed by atoms with Crippen LogP contribution in [0.2, 0.25) is 0 Å². The molecule has 0 saturated heterocycles. The molecule has 5 rings (SSSR count). The van der Waals surface area contributed by atoms with Crippen molar-refractivity contribution in [3.63, 3.8) is 0 Å². The van der Waals surface area contributed by atoms with Crippen LogP contribution >= 0.6 is 0 Å². The van der Waals surface area contributed by atoms with Crippen LogP contribution in [0.3, 0.4) is 0 Å². The molecule has 3 aromatic carbocycles. The Morgan fingerprint density at radius 2 is 1.68 bits per heavy atom. The number of carbonyl (C=O) groups excluding carboxylic acids is 1. The van der Waals surface area contributed by atoms with Crippen molar-refractivity contribution in [1.82, 2.24) is 15.3 Å². The maximum atomic E-state index is 13.8. The fraction of sp³-hybridized carbons (Fsp3) is 0.133. The zero-order valence-electron chi connectivity index (χ0n) is 19.2. The molecule has 4 nitrogen and oxygen atoms in total. The number of benzene rings is 3. The first kappa shape index (κ1) is 21.8. The number of aromatic amines is 1. The van der Waals surface area contributed by atoms with Crippen molar-refractivity contribution in [3.8, 4) is 11.1 Å². The molecule has 2 heterocycles. The molecule has 0 aliphatic heterocycles. The number of aromatic nitrogens is 2. The third-order valence-electron chi connectivity index (χ3n) is 6.24. The van der Waals surface area contributed by atoms with Gasteiger partial charge in [-0.15, -0.1) is 0 Å². The van der Waals surface area contributed by atoms with Crippen molar-refractivity contribution in [3.05, 3.63) is 126 Å². The number of nitrogens with zero attached hydrogens (tertiary/aromatic N) is 1. The van der Waals surface area contributed by atoms with E-state index in [1.807, 2.05) is 54.7 Å². The quantitative estimate of drug-likeness (QED) is 0.276. The maximum Gasteiger partial charge on any atom is 0.186 e. The summed E-state index contributed by atoms with van der Waals surface area (Å²) in [6.45, 7) is 2.80. The minimum atomic E-state index is -0.412. The van der Waals surface area contributed by atoms with Gasteiger partial charge in [-0.3, -0.25) is 9.78 Å². The molecule has 34 heavy (non-hydrogen) atoms. The second-order valence-corrected chi connectivity index (χ2v) is 8.60. The number of fused-ring (bicyclic) bond motifs is 1. The van der Waals surface area contributed by atoms with Crippen LogP contribution in [0.5, 0.6) is 0 Å². The largest absolute Gasteiger partial charge is 0.360 e. The van der Waals surface area contributed by atoms with Gasteiger partial charge in [0.2, 0.25) is 0 Å². The van der Waals surface area contributed by atoms with E-state index in [0.717, 1.165) is 34.0 Å². The monoisotopic (exact) mass is 445 g/mol. The van der Waals surface area contributed by atoms with Gasteiger partial charge in [-0.25, -0.2) is 0 Å². The third kappa shape index (κ3) is 4.68. The molecule has 0 radical (unpaired) electrons. The highest BCUT2D eigenvalue weighted by Gasteiger charge is 2.24. The van der Waals surface area contributed by atoms with Crippen molar-refractivity contribution in [2.45, 2.75) is 19.4 Å². The second kappa shape index (κ2) is 9.86. The Hall–Kier alpha value is -4.02. The summed E-state index contributed by atoms with van der Waals surface area (Å²) in [6, 6.07) is 28.2. The van der Waals surface area contributed by atoms with Gasteiger partial charge < -0.3 is 10.3 Å². The molecule has 2 aromatic heterocycles. The standard InChI is InChI=1S/C30H27N3O/c1-21-7-9-22(10-8-21)13-18-32-29(24-5-3-2-4-6-24)30(34)27-20-33-28-19-25(11-12-26(27)28)23-14-16-31-17-15-23/h2-12,14-17,19-20,29,32-33H,13,18H2,1H3/t29-/m1/s1. The summed E-state index contributed by atoms with van der Waals surface area (Å²) in [5.41, 5.74) is 7.32. The lowest BCUT2D eigenvalue weighted by molar-refractivity contribution is 0.0945. The number of pyridine rings is 1. The average molecular weight is 446 g/mol. The van der Waals surface area contributed by atoms with Crippen molar-refractivity contribution in [2.24, 2.45) is 0 Å². The fourth-order valence-corrected chi connectivity index (χ4v) is 4.33. The van der Waals surface area contributed by atoms with E-state index >= 15 is 0 Å². The second-order valence-electron chi connectivity index (χ2n) is 8.60. The van der Waals surface area contributed by atoms with Crippen LogP contribution in [0.4, 0.5) is 0 Å². The molecule has 4 heteroatoms. The first-order chi connectivity index (χ1) is 16.7. The number of H-pyrrole nitrogens is 1. The van der Waals surface area contributed by atoms with Crippen molar-refractivity contribution in [2.75, 3.05) is 6.54 Å². The number of nitrogens with one attached hydrogen (secondary N) is 2. The van der Waals surface area contributed by atoms with E-state index in [-0.39, 0.29) is 5.78 Å². The summed E-state index contributed by atoms with van der Waals surface area (Å²) >= 11 is 0. The van der Waals surface area contributed by atoms with Gasteiger partial charge in [-0.1, -0.05) is 72.3 Å². The lowest BCUT2D eigenvalue weighted by Gasteiger charge is -2.18. The van der Waals surface area contributed by atoms with Crippen molar-refractivity contribution in [1.29, 1.82) is 0 Å². The average Bonchev–Trinajstić information content (AvgIpc) is 3.32. The van der Waals surface area contributed by atoms with E-state index in [1.165, 1.54) is 11.1 Å². The van der Waals surface area contributed by atoms with Gasteiger partial charge in [0.25, 0.3) is 0 Å². The Balaban J connectivity index is 1.40. The highest BCUT2D eigenvalue weighted by atomic mass is 16.1. The SMILES string of the molecule is Cc1ccc(CCN[C@@H](C(=O)c2c[nH]c3cc(-c4ccncc4)ccc23)c2ccccc2)cc1. The van der Waals surface area contributed by atoms with Gasteiger partial charge in [0.15, 0.2) is 5.78 Å². The molecule has 0 bridgehead atoms. The van der Waals surface area contributed by atoms with Crippen LogP contribution in [-0.2, 0) is 6.42 Å². The molecule has 2 N–H and O–H groups in total. The molecule has 0 spiro atoms. The smallest absolute Gasteiger partial charge is 0.186 e. The van der Waals surface area contributed by atoms with Gasteiger partial charge >= 0.3 is 0 Å². The van der Waals surface area contributed by atoms with Crippen LogP contribution in [0.15, 0.2) is 104 Å². The molecular formula is C30H27N3O. The molecule has 0 saturated carbocycles. The molecule has 0 unspecified atom stereocenters. The van der Waals surface area contributed by atoms with E-state index in [2.05, 4.69) is 58.6 Å². The minimum absolute atomic E-state index is 0.0676. The Labute approximate surface area is 199 Å². The van der Waals surface area contributed by atoms with E-state index < -0.39 is 6.04 Å². The topological polar surface area (TPSA) is 57.8 Å². The van der Waals surface area contributed by atoms with Gasteiger partial charge in [-0.2, -0.15) is 0 Å². The maximum absolute atomic E-state index is 13.8. The van der Waals surface area contributed by atoms with E-state index in [1.54, 1.807) is 12.4 Å². The number of carbonyl (C=O) groups is 1. The van der Waals surface area contributed by atoms with Crippen LogP contribution in [-0.4, -0.2) is 22.3 Å². The number of ketones is 1. The summed E-state index contributed by atoms with van der Waals surface area (Å²) in [6.07, 6.45) is 6.27. The minimum Gasteiger partial charge on any atom is -0.360 e. The van der Waals surface area contributed by atoms with E-state index in [0.29, 0.717) is 12.1 Å². The molecular weight excluding hydrogens is 418 g/mol. The number of hydrogen-bond acceptors (Lipinski definition) is 3. The first-order valence-electron chi connectivity index (χ1n) is 11.6. The zero-order valence-corrected chi connectivity index (χ0v) is 19.2. The van der Waals surface area contributed by atoms with Crippen molar-refractivity contribution < 1.29 is 4.79 Å². The highest BCUT2D eigenvalue weighted by Crippen LogP contribution is 2.28.